The Balaban J connectivity index is 2.06. The Kier molecular flexibility index (Phi) is 4.44. The van der Waals surface area contributed by atoms with Crippen LogP contribution in [0.15, 0.2) is 42.5 Å². The monoisotopic (exact) mass is 295 g/mol. The molecule has 1 N–H and O–H groups in total. The normalized spacial score (nSPS) is 12.0. The average Bonchev–Trinajstić information content (AvgIpc) is 2.44. The van der Waals surface area contributed by atoms with E-state index < -0.39 is 22.7 Å². The maximum Gasteiger partial charge on any atom is 0.269 e. The van der Waals surface area contributed by atoms with E-state index in [-0.39, 0.29) is 23.6 Å². The first-order chi connectivity index (χ1) is 9.95. The topological polar surface area (TPSA) is 72.6 Å². The molecule has 21 heavy (non-hydrogen) atoms. The number of halogens is 2. The lowest BCUT2D eigenvalue weighted by Crippen LogP contribution is -2.10. The van der Waals surface area contributed by atoms with Crippen LogP contribution in [-0.2, 0) is 0 Å². The van der Waals surface area contributed by atoms with E-state index in [0.29, 0.717) is 6.07 Å². The summed E-state index contributed by atoms with van der Waals surface area (Å²) in [6.07, 6.45) is -1.16. The Morgan fingerprint density at radius 1 is 1.19 bits per heavy atom. The highest BCUT2D eigenvalue weighted by Gasteiger charge is 2.13. The van der Waals surface area contributed by atoms with Gasteiger partial charge in [0.2, 0.25) is 0 Å². The summed E-state index contributed by atoms with van der Waals surface area (Å²) in [5, 5.41) is 20.5. The number of benzene rings is 2. The van der Waals surface area contributed by atoms with Crippen LogP contribution in [0.3, 0.4) is 0 Å². The molecule has 2 aromatic rings. The molecule has 0 aliphatic carbocycles. The predicted octanol–water partition coefficient (Wildman–Crippen LogP) is 2.99. The fourth-order valence-corrected chi connectivity index (χ4v) is 1.73. The van der Waals surface area contributed by atoms with Crippen molar-refractivity contribution in [2.24, 2.45) is 0 Å². The van der Waals surface area contributed by atoms with Gasteiger partial charge in [-0.05, 0) is 5.56 Å². The molecule has 0 radical (unpaired) electrons. The Labute approximate surface area is 118 Å². The van der Waals surface area contributed by atoms with Gasteiger partial charge in [-0.25, -0.2) is 8.78 Å². The maximum absolute atomic E-state index is 13.0. The molecule has 1 atom stereocenters. The van der Waals surface area contributed by atoms with Gasteiger partial charge in [-0.2, -0.15) is 0 Å². The van der Waals surface area contributed by atoms with E-state index >= 15 is 0 Å². The second-order valence-corrected chi connectivity index (χ2v) is 4.28. The molecule has 0 aliphatic rings. The zero-order valence-corrected chi connectivity index (χ0v) is 10.7. The molecule has 0 saturated heterocycles. The first-order valence-electron chi connectivity index (χ1n) is 5.97. The van der Waals surface area contributed by atoms with Crippen molar-refractivity contribution in [1.29, 1.82) is 0 Å². The number of hydrogen-bond acceptors (Lipinski definition) is 4. The molecule has 110 valence electrons. The summed E-state index contributed by atoms with van der Waals surface area (Å²) >= 11 is 0. The number of non-ortho nitro benzene ring substituents is 1. The maximum atomic E-state index is 13.0. The third kappa shape index (κ3) is 3.96. The van der Waals surface area contributed by atoms with Gasteiger partial charge in [0.15, 0.2) is 0 Å². The van der Waals surface area contributed by atoms with Crippen LogP contribution < -0.4 is 4.74 Å². The van der Waals surface area contributed by atoms with Gasteiger partial charge < -0.3 is 9.84 Å². The van der Waals surface area contributed by atoms with Crippen molar-refractivity contribution in [3.63, 3.8) is 0 Å². The number of aliphatic hydroxyl groups is 1. The largest absolute Gasteiger partial charge is 0.490 e. The number of nitro benzene ring substituents is 1. The van der Waals surface area contributed by atoms with Crippen LogP contribution in [0, 0.1) is 21.7 Å². The second kappa shape index (κ2) is 6.27. The lowest BCUT2D eigenvalue weighted by Gasteiger charge is -2.12. The van der Waals surface area contributed by atoms with Gasteiger partial charge >= 0.3 is 0 Å². The fourth-order valence-electron chi connectivity index (χ4n) is 1.73. The summed E-state index contributed by atoms with van der Waals surface area (Å²) < 4.78 is 31.0. The molecule has 0 bridgehead atoms. The van der Waals surface area contributed by atoms with Crippen LogP contribution in [0.2, 0.25) is 0 Å². The molecule has 7 heteroatoms. The summed E-state index contributed by atoms with van der Waals surface area (Å²) in [7, 11) is 0. The highest BCUT2D eigenvalue weighted by Crippen LogP contribution is 2.21. The minimum absolute atomic E-state index is 0.0722. The molecule has 0 aromatic heterocycles. The quantitative estimate of drug-likeness (QED) is 0.680. The van der Waals surface area contributed by atoms with Crippen molar-refractivity contribution in [2.45, 2.75) is 6.10 Å². The molecule has 5 nitrogen and oxygen atoms in total. The zero-order valence-electron chi connectivity index (χ0n) is 10.7. The van der Waals surface area contributed by atoms with Crippen LogP contribution >= 0.6 is 0 Å². The van der Waals surface area contributed by atoms with E-state index in [4.69, 9.17) is 4.74 Å². The van der Waals surface area contributed by atoms with Gasteiger partial charge in [-0.15, -0.1) is 0 Å². The van der Waals surface area contributed by atoms with E-state index in [1.54, 1.807) is 0 Å². The summed E-state index contributed by atoms with van der Waals surface area (Å²) in [5.74, 6) is -1.67. The highest BCUT2D eigenvalue weighted by atomic mass is 19.1. The standard InChI is InChI=1S/C14H11F2NO4/c15-10-5-11(16)7-13(6-10)21-8-14(18)9-2-1-3-12(4-9)17(19)20/h1-7,14,18H,8H2. The average molecular weight is 295 g/mol. The molecule has 0 aliphatic heterocycles. The Morgan fingerprint density at radius 3 is 2.48 bits per heavy atom. The summed E-state index contributed by atoms with van der Waals surface area (Å²) in [4.78, 5) is 10.1. The summed E-state index contributed by atoms with van der Waals surface area (Å²) in [6, 6.07) is 8.07. The molecule has 0 heterocycles. The molecule has 0 fully saturated rings. The van der Waals surface area contributed by atoms with E-state index in [2.05, 4.69) is 0 Å². The number of ether oxygens (including phenoxy) is 1. The predicted molar refractivity (Wildman–Crippen MR) is 69.9 cm³/mol. The van der Waals surface area contributed by atoms with E-state index in [1.165, 1.54) is 24.3 Å². The SMILES string of the molecule is O=[N+]([O-])c1cccc(C(O)COc2cc(F)cc(F)c2)c1. The van der Waals surface area contributed by atoms with Crippen LogP contribution in [0.5, 0.6) is 5.75 Å². The molecule has 2 aromatic carbocycles. The van der Waals surface area contributed by atoms with Crippen molar-refractivity contribution in [3.05, 3.63) is 69.8 Å². The van der Waals surface area contributed by atoms with Gasteiger partial charge in [0.05, 0.1) is 4.92 Å². The first kappa shape index (κ1) is 14.9. The molecule has 0 amide bonds. The van der Waals surface area contributed by atoms with Gasteiger partial charge in [0, 0.05) is 30.3 Å². The van der Waals surface area contributed by atoms with Crippen LogP contribution in [0.4, 0.5) is 14.5 Å². The van der Waals surface area contributed by atoms with Gasteiger partial charge in [0.25, 0.3) is 5.69 Å². The summed E-state index contributed by atoms with van der Waals surface area (Å²) in [5.41, 5.74) is 0.115. The van der Waals surface area contributed by atoms with Crippen molar-refractivity contribution < 1.29 is 23.5 Å². The van der Waals surface area contributed by atoms with Crippen LogP contribution in [0.25, 0.3) is 0 Å². The van der Waals surface area contributed by atoms with E-state index in [0.717, 1.165) is 12.1 Å². The molecular weight excluding hydrogens is 284 g/mol. The van der Waals surface area contributed by atoms with Gasteiger partial charge in [0.1, 0.15) is 30.1 Å². The van der Waals surface area contributed by atoms with Crippen molar-refractivity contribution >= 4 is 5.69 Å². The molecule has 1 unspecified atom stereocenters. The Hall–Kier alpha value is -2.54. The third-order valence-electron chi connectivity index (χ3n) is 2.71. The van der Waals surface area contributed by atoms with Crippen LogP contribution in [0.1, 0.15) is 11.7 Å². The van der Waals surface area contributed by atoms with E-state index in [1.807, 2.05) is 0 Å². The number of aliphatic hydroxyl groups excluding tert-OH is 1. The van der Waals surface area contributed by atoms with E-state index in [9.17, 15) is 24.0 Å². The second-order valence-electron chi connectivity index (χ2n) is 4.28. The van der Waals surface area contributed by atoms with Crippen molar-refractivity contribution in [3.8, 4) is 5.75 Å². The lowest BCUT2D eigenvalue weighted by molar-refractivity contribution is -0.385. The Bertz CT molecular complexity index is 643. The smallest absolute Gasteiger partial charge is 0.269 e. The third-order valence-corrected chi connectivity index (χ3v) is 2.71. The summed E-state index contributed by atoms with van der Waals surface area (Å²) in [6.45, 7) is -0.288. The highest BCUT2D eigenvalue weighted by molar-refractivity contribution is 5.35. The zero-order chi connectivity index (χ0) is 15.4. The number of nitro groups is 1. The lowest BCUT2D eigenvalue weighted by atomic mass is 10.1. The van der Waals surface area contributed by atoms with Gasteiger partial charge in [-0.3, -0.25) is 10.1 Å². The minimum Gasteiger partial charge on any atom is -0.490 e. The number of hydrogen-bond donors (Lipinski definition) is 1. The number of rotatable bonds is 5. The fraction of sp³-hybridized carbons (Fsp3) is 0.143. The first-order valence-corrected chi connectivity index (χ1v) is 5.97. The number of nitrogens with zero attached hydrogens (tertiary/aromatic N) is 1. The van der Waals surface area contributed by atoms with Crippen molar-refractivity contribution in [2.75, 3.05) is 6.61 Å². The van der Waals surface area contributed by atoms with Gasteiger partial charge in [-0.1, -0.05) is 12.1 Å². The van der Waals surface area contributed by atoms with Crippen molar-refractivity contribution in [1.82, 2.24) is 0 Å². The Morgan fingerprint density at radius 2 is 1.86 bits per heavy atom. The molecule has 0 saturated carbocycles. The minimum atomic E-state index is -1.16. The molecule has 2 rings (SSSR count). The van der Waals surface area contributed by atoms with Crippen LogP contribution in [-0.4, -0.2) is 16.6 Å². The molecule has 0 spiro atoms. The molecular formula is C14H11F2NO4.